The molecule has 18 heavy (non-hydrogen) atoms. The maximum absolute atomic E-state index is 11.8. The van der Waals surface area contributed by atoms with Crippen molar-refractivity contribution in [3.05, 3.63) is 29.6 Å². The molecule has 2 aromatic heterocycles. The van der Waals surface area contributed by atoms with E-state index in [1.807, 2.05) is 0 Å². The number of carbonyl (C=O) groups excluding carboxylic acids is 1. The molecule has 2 aromatic rings. The second kappa shape index (κ2) is 4.09. The van der Waals surface area contributed by atoms with Gasteiger partial charge in [0.15, 0.2) is 20.6 Å². The highest BCUT2D eigenvalue weighted by molar-refractivity contribution is 7.90. The molecular formula is C11H12N2O4S. The molecule has 6 nitrogen and oxygen atoms in total. The van der Waals surface area contributed by atoms with Crippen LogP contribution < -0.4 is 0 Å². The Morgan fingerprint density at radius 2 is 2.06 bits per heavy atom. The van der Waals surface area contributed by atoms with Gasteiger partial charge in [-0.05, 0) is 19.1 Å². The number of rotatable bonds is 2. The summed E-state index contributed by atoms with van der Waals surface area (Å²) in [5.41, 5.74) is 1.04. The van der Waals surface area contributed by atoms with Crippen molar-refractivity contribution >= 4 is 21.5 Å². The molecule has 0 aliphatic heterocycles. The van der Waals surface area contributed by atoms with Crippen LogP contribution in [0, 0.1) is 6.92 Å². The summed E-state index contributed by atoms with van der Waals surface area (Å²) in [6.45, 7) is 1.76. The van der Waals surface area contributed by atoms with Crippen molar-refractivity contribution in [2.24, 2.45) is 0 Å². The lowest BCUT2D eigenvalue weighted by atomic mass is 10.3. The SMILES string of the molecule is COC(=O)c1c(S(C)(=O)=O)nc2cccc(C)n12. The van der Waals surface area contributed by atoms with Gasteiger partial charge in [-0.1, -0.05) is 6.07 Å². The highest BCUT2D eigenvalue weighted by atomic mass is 32.2. The quantitative estimate of drug-likeness (QED) is 0.754. The maximum Gasteiger partial charge on any atom is 0.358 e. The molecule has 0 saturated heterocycles. The van der Waals surface area contributed by atoms with Gasteiger partial charge < -0.3 is 4.74 Å². The standard InChI is InChI=1S/C11H12N2O4S/c1-7-5-4-6-8-12-10(18(3,15)16)9(13(7)8)11(14)17-2/h4-6H,1-3H3. The average Bonchev–Trinajstić information content (AvgIpc) is 2.68. The Morgan fingerprint density at radius 3 is 2.61 bits per heavy atom. The lowest BCUT2D eigenvalue weighted by Gasteiger charge is -2.04. The molecular weight excluding hydrogens is 256 g/mol. The van der Waals surface area contributed by atoms with E-state index >= 15 is 0 Å². The summed E-state index contributed by atoms with van der Waals surface area (Å²) in [7, 11) is -2.40. The largest absolute Gasteiger partial charge is 0.464 e. The number of aryl methyl sites for hydroxylation is 1. The Balaban J connectivity index is 2.96. The third kappa shape index (κ3) is 1.86. The molecule has 0 unspecified atom stereocenters. The van der Waals surface area contributed by atoms with Crippen LogP contribution in [0.2, 0.25) is 0 Å². The van der Waals surface area contributed by atoms with Gasteiger partial charge in [-0.2, -0.15) is 0 Å². The van der Waals surface area contributed by atoms with E-state index in [-0.39, 0.29) is 10.7 Å². The molecule has 0 bridgehead atoms. The molecule has 7 heteroatoms. The fourth-order valence-corrected chi connectivity index (χ4v) is 2.55. The van der Waals surface area contributed by atoms with Crippen LogP contribution in [0.4, 0.5) is 0 Å². The molecule has 0 aromatic carbocycles. The minimum atomic E-state index is -3.60. The third-order valence-electron chi connectivity index (χ3n) is 2.54. The summed E-state index contributed by atoms with van der Waals surface area (Å²) in [5, 5.41) is -0.261. The average molecular weight is 268 g/mol. The zero-order valence-electron chi connectivity index (χ0n) is 10.2. The molecule has 0 fully saturated rings. The van der Waals surface area contributed by atoms with Crippen molar-refractivity contribution in [2.75, 3.05) is 13.4 Å². The fourth-order valence-electron chi connectivity index (χ4n) is 1.77. The van der Waals surface area contributed by atoms with Gasteiger partial charge in [0.25, 0.3) is 0 Å². The van der Waals surface area contributed by atoms with Crippen LogP contribution in [-0.4, -0.2) is 37.1 Å². The molecule has 96 valence electrons. The van der Waals surface area contributed by atoms with Crippen LogP contribution >= 0.6 is 0 Å². The Hall–Kier alpha value is -1.89. The molecule has 0 amide bonds. The van der Waals surface area contributed by atoms with Gasteiger partial charge in [0.2, 0.25) is 0 Å². The van der Waals surface area contributed by atoms with E-state index in [1.165, 1.54) is 11.5 Å². The van der Waals surface area contributed by atoms with Crippen molar-refractivity contribution in [2.45, 2.75) is 11.9 Å². The zero-order chi connectivity index (χ0) is 13.5. The number of pyridine rings is 1. The van der Waals surface area contributed by atoms with Crippen molar-refractivity contribution in [1.82, 2.24) is 9.38 Å². The van der Waals surface area contributed by atoms with Crippen LogP contribution in [0.1, 0.15) is 16.2 Å². The van der Waals surface area contributed by atoms with Crippen LogP contribution in [0.15, 0.2) is 23.2 Å². The Labute approximate surface area is 104 Å². The number of aromatic nitrogens is 2. The molecule has 0 saturated carbocycles. The van der Waals surface area contributed by atoms with E-state index in [0.29, 0.717) is 11.3 Å². The van der Waals surface area contributed by atoms with Gasteiger partial charge in [-0.25, -0.2) is 18.2 Å². The molecule has 0 radical (unpaired) electrons. The van der Waals surface area contributed by atoms with Crippen molar-refractivity contribution in [1.29, 1.82) is 0 Å². The normalized spacial score (nSPS) is 11.7. The third-order valence-corrected chi connectivity index (χ3v) is 3.52. The lowest BCUT2D eigenvalue weighted by molar-refractivity contribution is 0.0587. The van der Waals surface area contributed by atoms with Gasteiger partial charge in [0, 0.05) is 11.9 Å². The minimum absolute atomic E-state index is 0.0619. The summed E-state index contributed by atoms with van der Waals surface area (Å²) >= 11 is 0. The van der Waals surface area contributed by atoms with E-state index in [0.717, 1.165) is 6.26 Å². The summed E-state index contributed by atoms with van der Waals surface area (Å²) in [6, 6.07) is 5.13. The first-order chi connectivity index (χ1) is 8.36. The van der Waals surface area contributed by atoms with Gasteiger partial charge in [0.1, 0.15) is 5.65 Å². The van der Waals surface area contributed by atoms with Crippen LogP contribution in [-0.2, 0) is 14.6 Å². The number of hydrogen-bond donors (Lipinski definition) is 0. The first-order valence-corrected chi connectivity index (χ1v) is 7.02. The number of carbonyl (C=O) groups is 1. The monoisotopic (exact) mass is 268 g/mol. The zero-order valence-corrected chi connectivity index (χ0v) is 11.0. The molecule has 2 heterocycles. The predicted molar refractivity (Wildman–Crippen MR) is 64.4 cm³/mol. The van der Waals surface area contributed by atoms with Gasteiger partial charge in [-0.3, -0.25) is 4.40 Å². The van der Waals surface area contributed by atoms with E-state index < -0.39 is 15.8 Å². The van der Waals surface area contributed by atoms with E-state index in [1.54, 1.807) is 25.1 Å². The second-order valence-corrected chi connectivity index (χ2v) is 5.82. The number of ether oxygens (including phenoxy) is 1. The maximum atomic E-state index is 11.8. The lowest BCUT2D eigenvalue weighted by Crippen LogP contribution is -2.12. The molecule has 0 atom stereocenters. The molecule has 2 rings (SSSR count). The first-order valence-electron chi connectivity index (χ1n) is 5.12. The predicted octanol–water partition coefficient (Wildman–Crippen LogP) is 0.833. The van der Waals surface area contributed by atoms with Crippen LogP contribution in [0.25, 0.3) is 5.65 Å². The first kappa shape index (κ1) is 12.6. The van der Waals surface area contributed by atoms with Gasteiger partial charge in [-0.15, -0.1) is 0 Å². The molecule has 0 spiro atoms. The van der Waals surface area contributed by atoms with Crippen molar-refractivity contribution in [3.8, 4) is 0 Å². The number of nitrogens with zero attached hydrogens (tertiary/aromatic N) is 2. The number of methoxy groups -OCH3 is 1. The summed E-state index contributed by atoms with van der Waals surface area (Å²) in [5.74, 6) is -0.725. The summed E-state index contributed by atoms with van der Waals surface area (Å²) < 4.78 is 29.4. The van der Waals surface area contributed by atoms with Crippen molar-refractivity contribution < 1.29 is 17.9 Å². The van der Waals surface area contributed by atoms with Crippen molar-refractivity contribution in [3.63, 3.8) is 0 Å². The van der Waals surface area contributed by atoms with E-state index in [4.69, 9.17) is 0 Å². The Kier molecular flexibility index (Phi) is 2.86. The Morgan fingerprint density at radius 1 is 1.39 bits per heavy atom. The number of sulfone groups is 1. The minimum Gasteiger partial charge on any atom is -0.464 e. The topological polar surface area (TPSA) is 77.7 Å². The van der Waals surface area contributed by atoms with E-state index in [9.17, 15) is 13.2 Å². The fraction of sp³-hybridized carbons (Fsp3) is 0.273. The highest BCUT2D eigenvalue weighted by Crippen LogP contribution is 2.20. The molecule has 0 N–H and O–H groups in total. The number of imidazole rings is 1. The number of hydrogen-bond acceptors (Lipinski definition) is 5. The van der Waals surface area contributed by atoms with Crippen LogP contribution in [0.5, 0.6) is 0 Å². The van der Waals surface area contributed by atoms with Gasteiger partial charge in [0.05, 0.1) is 7.11 Å². The summed E-state index contributed by atoms with van der Waals surface area (Å²) in [4.78, 5) is 15.7. The van der Waals surface area contributed by atoms with Gasteiger partial charge >= 0.3 is 5.97 Å². The summed E-state index contributed by atoms with van der Waals surface area (Å²) in [6.07, 6.45) is 1.01. The smallest absolute Gasteiger partial charge is 0.358 e. The highest BCUT2D eigenvalue weighted by Gasteiger charge is 2.27. The van der Waals surface area contributed by atoms with Crippen LogP contribution in [0.3, 0.4) is 0 Å². The number of esters is 1. The van der Waals surface area contributed by atoms with E-state index in [2.05, 4.69) is 9.72 Å². The number of fused-ring (bicyclic) bond motifs is 1. The Bertz CT molecular complexity index is 731. The second-order valence-electron chi connectivity index (χ2n) is 3.89. The molecule has 0 aliphatic carbocycles. The molecule has 0 aliphatic rings.